The van der Waals surface area contributed by atoms with Crippen molar-refractivity contribution in [1.29, 1.82) is 0 Å². The van der Waals surface area contributed by atoms with Gasteiger partial charge in [0, 0.05) is 13.0 Å². The summed E-state index contributed by atoms with van der Waals surface area (Å²) in [5, 5.41) is 32.6. The van der Waals surface area contributed by atoms with Crippen molar-refractivity contribution < 1.29 is 39.3 Å². The molecule has 0 radical (unpaired) electrons. The SMILES string of the molecule is CC(O)C(NC(=O)C1CCCN1C(=O)C(CO)NC(=O)C(N)CCC(N)=O)C(=O)O. The van der Waals surface area contributed by atoms with Gasteiger partial charge in [0.2, 0.25) is 23.6 Å². The molecule has 0 aliphatic carbocycles. The molecule has 1 rings (SSSR count). The minimum absolute atomic E-state index is 0.0435. The standard InChI is InChI=1S/C17H29N5O8/c1-8(24)13(17(29)30)21-15(27)11-3-2-6-22(11)16(28)10(7-23)20-14(26)9(18)4-5-12(19)25/h8-11,13,23-24H,2-7,18H2,1H3,(H2,19,25)(H,20,26)(H,21,27)(H,29,30). The largest absolute Gasteiger partial charge is 0.480 e. The summed E-state index contributed by atoms with van der Waals surface area (Å²) in [6, 6.07) is -5.07. The van der Waals surface area contributed by atoms with Crippen molar-refractivity contribution >= 4 is 29.6 Å². The molecule has 0 aromatic carbocycles. The number of nitrogens with two attached hydrogens (primary N) is 2. The number of carboxylic acid groups (broad SMARTS) is 1. The van der Waals surface area contributed by atoms with Crippen molar-refractivity contribution in [2.45, 2.75) is 62.9 Å². The van der Waals surface area contributed by atoms with Crippen LogP contribution in [0.2, 0.25) is 0 Å². The molecule has 0 saturated carbocycles. The number of amides is 4. The van der Waals surface area contributed by atoms with Crippen molar-refractivity contribution in [3.8, 4) is 0 Å². The molecular weight excluding hydrogens is 402 g/mol. The summed E-state index contributed by atoms with van der Waals surface area (Å²) in [5.74, 6) is -4.36. The number of carbonyl (C=O) groups is 5. The molecule has 5 atom stereocenters. The predicted octanol–water partition coefficient (Wildman–Crippen LogP) is -4.00. The van der Waals surface area contributed by atoms with Gasteiger partial charge in [0.1, 0.15) is 12.1 Å². The van der Waals surface area contributed by atoms with Gasteiger partial charge in [0.05, 0.1) is 18.8 Å². The van der Waals surface area contributed by atoms with Crippen LogP contribution < -0.4 is 22.1 Å². The third kappa shape index (κ3) is 6.93. The molecule has 13 nitrogen and oxygen atoms in total. The molecule has 0 spiro atoms. The third-order valence-electron chi connectivity index (χ3n) is 4.72. The van der Waals surface area contributed by atoms with Crippen molar-refractivity contribution in [1.82, 2.24) is 15.5 Å². The number of aliphatic carboxylic acids is 1. The lowest BCUT2D eigenvalue weighted by Gasteiger charge is -2.29. The van der Waals surface area contributed by atoms with E-state index in [9.17, 15) is 34.2 Å². The Balaban J connectivity index is 2.80. The molecular formula is C17H29N5O8. The first-order chi connectivity index (χ1) is 14.0. The Kier molecular flexibility index (Phi) is 9.62. The number of carboxylic acids is 1. The van der Waals surface area contributed by atoms with Gasteiger partial charge in [-0.1, -0.05) is 0 Å². The van der Waals surface area contributed by atoms with Crippen LogP contribution >= 0.6 is 0 Å². The lowest BCUT2D eigenvalue weighted by molar-refractivity contribution is -0.147. The Bertz CT molecular complexity index is 671. The quantitative estimate of drug-likeness (QED) is 0.169. The van der Waals surface area contributed by atoms with Crippen LogP contribution in [0.3, 0.4) is 0 Å². The molecule has 1 saturated heterocycles. The molecule has 1 heterocycles. The van der Waals surface area contributed by atoms with Crippen LogP contribution in [0.15, 0.2) is 0 Å². The van der Waals surface area contributed by atoms with Gasteiger partial charge in [-0.2, -0.15) is 0 Å². The van der Waals surface area contributed by atoms with Gasteiger partial charge in [0.15, 0.2) is 6.04 Å². The molecule has 9 N–H and O–H groups in total. The Morgan fingerprint density at radius 3 is 2.33 bits per heavy atom. The van der Waals surface area contributed by atoms with Gasteiger partial charge in [-0.25, -0.2) is 4.79 Å². The first-order valence-electron chi connectivity index (χ1n) is 9.46. The Labute approximate surface area is 172 Å². The molecule has 170 valence electrons. The van der Waals surface area contributed by atoms with E-state index in [-0.39, 0.29) is 25.8 Å². The molecule has 0 aromatic rings. The Morgan fingerprint density at radius 1 is 1.20 bits per heavy atom. The number of aliphatic hydroxyl groups excluding tert-OH is 2. The molecule has 5 unspecified atom stereocenters. The summed E-state index contributed by atoms with van der Waals surface area (Å²) in [6.45, 7) is 0.599. The van der Waals surface area contributed by atoms with E-state index >= 15 is 0 Å². The van der Waals surface area contributed by atoms with Gasteiger partial charge < -0.3 is 42.3 Å². The van der Waals surface area contributed by atoms with Crippen LogP contribution in [0.5, 0.6) is 0 Å². The molecule has 30 heavy (non-hydrogen) atoms. The zero-order valence-electron chi connectivity index (χ0n) is 16.6. The van der Waals surface area contributed by atoms with Crippen molar-refractivity contribution in [2.24, 2.45) is 11.5 Å². The van der Waals surface area contributed by atoms with E-state index in [1.165, 1.54) is 6.92 Å². The molecule has 0 bridgehead atoms. The molecule has 1 aliphatic heterocycles. The van der Waals surface area contributed by atoms with Crippen LogP contribution in [-0.2, 0) is 24.0 Å². The first-order valence-corrected chi connectivity index (χ1v) is 9.46. The highest BCUT2D eigenvalue weighted by Gasteiger charge is 2.39. The van der Waals surface area contributed by atoms with Crippen LogP contribution in [0.25, 0.3) is 0 Å². The maximum absolute atomic E-state index is 12.8. The van der Waals surface area contributed by atoms with E-state index in [1.807, 2.05) is 0 Å². The average molecular weight is 431 g/mol. The van der Waals surface area contributed by atoms with Crippen molar-refractivity contribution in [3.63, 3.8) is 0 Å². The fraction of sp³-hybridized carbons (Fsp3) is 0.706. The van der Waals surface area contributed by atoms with Crippen LogP contribution in [0.4, 0.5) is 0 Å². The maximum Gasteiger partial charge on any atom is 0.328 e. The zero-order chi connectivity index (χ0) is 23.0. The Morgan fingerprint density at radius 2 is 1.83 bits per heavy atom. The maximum atomic E-state index is 12.8. The second-order valence-corrected chi connectivity index (χ2v) is 7.11. The third-order valence-corrected chi connectivity index (χ3v) is 4.72. The molecule has 1 aliphatic rings. The summed E-state index contributed by atoms with van der Waals surface area (Å²) in [4.78, 5) is 60.4. The van der Waals surface area contributed by atoms with Crippen LogP contribution in [0, 0.1) is 0 Å². The zero-order valence-corrected chi connectivity index (χ0v) is 16.6. The van der Waals surface area contributed by atoms with E-state index in [4.69, 9.17) is 16.6 Å². The van der Waals surface area contributed by atoms with Crippen molar-refractivity contribution in [3.05, 3.63) is 0 Å². The highest BCUT2D eigenvalue weighted by atomic mass is 16.4. The molecule has 0 aromatic heterocycles. The number of likely N-dealkylation sites (tertiary alicyclic amines) is 1. The lowest BCUT2D eigenvalue weighted by Crippen LogP contribution is -2.58. The average Bonchev–Trinajstić information content (AvgIpc) is 3.16. The number of nitrogens with one attached hydrogen (secondary N) is 2. The first kappa shape index (κ1) is 25.3. The Hall–Kier alpha value is -2.77. The highest BCUT2D eigenvalue weighted by molar-refractivity contribution is 5.94. The van der Waals surface area contributed by atoms with Crippen LogP contribution in [-0.4, -0.2) is 93.2 Å². The minimum Gasteiger partial charge on any atom is -0.480 e. The second kappa shape index (κ2) is 11.4. The number of hydrogen-bond acceptors (Lipinski definition) is 8. The summed E-state index contributed by atoms with van der Waals surface area (Å²) in [5.41, 5.74) is 10.6. The number of primary amides is 1. The number of nitrogens with zero attached hydrogens (tertiary/aromatic N) is 1. The molecule has 13 heteroatoms. The molecule has 4 amide bonds. The minimum atomic E-state index is -1.55. The summed E-state index contributed by atoms with van der Waals surface area (Å²) < 4.78 is 0. The van der Waals surface area contributed by atoms with Crippen molar-refractivity contribution in [2.75, 3.05) is 13.2 Å². The van der Waals surface area contributed by atoms with E-state index < -0.39 is 66.5 Å². The molecule has 1 fully saturated rings. The van der Waals surface area contributed by atoms with Gasteiger partial charge >= 0.3 is 5.97 Å². The monoisotopic (exact) mass is 431 g/mol. The summed E-state index contributed by atoms with van der Waals surface area (Å²) in [7, 11) is 0. The highest BCUT2D eigenvalue weighted by Crippen LogP contribution is 2.19. The predicted molar refractivity (Wildman–Crippen MR) is 101 cm³/mol. The van der Waals surface area contributed by atoms with Crippen LogP contribution in [0.1, 0.15) is 32.6 Å². The summed E-state index contributed by atoms with van der Waals surface area (Å²) >= 11 is 0. The normalized spacial score (nSPS) is 20.0. The van der Waals surface area contributed by atoms with E-state index in [1.54, 1.807) is 0 Å². The fourth-order valence-corrected chi connectivity index (χ4v) is 3.03. The van der Waals surface area contributed by atoms with Gasteiger partial charge in [0.25, 0.3) is 0 Å². The fourth-order valence-electron chi connectivity index (χ4n) is 3.03. The number of carbonyl (C=O) groups excluding carboxylic acids is 4. The lowest BCUT2D eigenvalue weighted by atomic mass is 10.1. The van der Waals surface area contributed by atoms with Gasteiger partial charge in [-0.3, -0.25) is 19.2 Å². The second-order valence-electron chi connectivity index (χ2n) is 7.11. The summed E-state index contributed by atoms with van der Waals surface area (Å²) in [6.07, 6.45) is -0.843. The van der Waals surface area contributed by atoms with Gasteiger partial charge in [-0.05, 0) is 26.2 Å². The number of hydrogen-bond donors (Lipinski definition) is 7. The van der Waals surface area contributed by atoms with Gasteiger partial charge in [-0.15, -0.1) is 0 Å². The smallest absolute Gasteiger partial charge is 0.328 e. The number of rotatable bonds is 11. The topological polar surface area (TPSA) is 225 Å². The number of aliphatic hydroxyl groups is 2. The van der Waals surface area contributed by atoms with E-state index in [0.717, 1.165) is 4.90 Å². The van der Waals surface area contributed by atoms with E-state index in [0.29, 0.717) is 6.42 Å². The van der Waals surface area contributed by atoms with E-state index in [2.05, 4.69) is 10.6 Å².